The Kier molecular flexibility index (Phi) is 18.5. The quantitative estimate of drug-likeness (QED) is 0.113. The highest BCUT2D eigenvalue weighted by atomic mass is 32.2. The summed E-state index contributed by atoms with van der Waals surface area (Å²) in [6.45, 7) is 15.2. The van der Waals surface area contributed by atoms with E-state index in [-0.39, 0.29) is 0 Å². The molecule has 0 fully saturated rings. The molecular weight excluding hydrogens is 625 g/mol. The Balaban J connectivity index is 1.97. The van der Waals surface area contributed by atoms with Crippen molar-refractivity contribution >= 4 is 70.5 Å². The average Bonchev–Trinajstić information content (AvgIpc) is 3.65. The standard InChI is InChI=1S/C36H56O2S5/c1-7-13-15-17-23-37-35-31(25-33-40-27(19-9-3)28(41-33)20-10-4)39-32(36(35)38-24-18-16-14-8-2)26-34-42-29(21-11-5)30(43-34)22-12-6/h25-26H,7-24H2,1-6H3. The molecule has 7 heteroatoms. The molecular formula is C36H56O2S5. The summed E-state index contributed by atoms with van der Waals surface area (Å²) in [7, 11) is 0. The summed E-state index contributed by atoms with van der Waals surface area (Å²) in [5.74, 6) is 1.95. The Bertz CT molecular complexity index is 987. The lowest BCUT2D eigenvalue weighted by molar-refractivity contribution is 0.260. The smallest absolute Gasteiger partial charge is 0.179 e. The van der Waals surface area contributed by atoms with Crippen LogP contribution in [0.2, 0.25) is 0 Å². The molecule has 0 amide bonds. The van der Waals surface area contributed by atoms with Crippen molar-refractivity contribution in [3.8, 4) is 11.5 Å². The summed E-state index contributed by atoms with van der Waals surface area (Å²) in [5.41, 5.74) is 0. The second-order valence-electron chi connectivity index (χ2n) is 11.3. The Morgan fingerprint density at radius 3 is 1.09 bits per heavy atom. The van der Waals surface area contributed by atoms with Gasteiger partial charge in [0.2, 0.25) is 0 Å². The molecule has 2 aliphatic rings. The van der Waals surface area contributed by atoms with Gasteiger partial charge in [0, 0.05) is 19.6 Å². The summed E-state index contributed by atoms with van der Waals surface area (Å²) < 4.78 is 16.1. The predicted octanol–water partition coefficient (Wildman–Crippen LogP) is 14.8. The summed E-state index contributed by atoms with van der Waals surface area (Å²) >= 11 is 9.83. The van der Waals surface area contributed by atoms with Gasteiger partial charge in [0.25, 0.3) is 0 Å². The maximum Gasteiger partial charge on any atom is 0.179 e. The number of rotatable bonds is 22. The molecule has 2 aliphatic heterocycles. The van der Waals surface area contributed by atoms with Crippen LogP contribution >= 0.6 is 58.4 Å². The molecule has 0 aliphatic carbocycles. The van der Waals surface area contributed by atoms with Gasteiger partial charge in [0.1, 0.15) is 0 Å². The molecule has 0 atom stereocenters. The third-order valence-corrected chi connectivity index (χ3v) is 13.7. The minimum Gasteiger partial charge on any atom is -0.488 e. The highest BCUT2D eigenvalue weighted by Crippen LogP contribution is 2.57. The third-order valence-electron chi connectivity index (χ3n) is 7.29. The van der Waals surface area contributed by atoms with Crippen molar-refractivity contribution in [1.29, 1.82) is 0 Å². The Labute approximate surface area is 285 Å². The van der Waals surface area contributed by atoms with Gasteiger partial charge in [-0.25, -0.2) is 0 Å². The van der Waals surface area contributed by atoms with Gasteiger partial charge in [-0.05, 0) is 50.7 Å². The topological polar surface area (TPSA) is 18.5 Å². The van der Waals surface area contributed by atoms with Crippen LogP contribution in [-0.4, -0.2) is 13.2 Å². The minimum atomic E-state index is 0.752. The number of allylic oxidation sites excluding steroid dienone is 4. The molecule has 43 heavy (non-hydrogen) atoms. The number of unbranched alkanes of at least 4 members (excludes halogenated alkanes) is 6. The van der Waals surface area contributed by atoms with Gasteiger partial charge in [0.15, 0.2) is 11.5 Å². The van der Waals surface area contributed by atoms with Crippen LogP contribution in [0.25, 0.3) is 12.2 Å². The zero-order valence-corrected chi connectivity index (χ0v) is 31.8. The van der Waals surface area contributed by atoms with Gasteiger partial charge in [0.05, 0.1) is 31.4 Å². The molecule has 0 N–H and O–H groups in total. The molecule has 0 saturated carbocycles. The molecule has 2 nitrogen and oxygen atoms in total. The van der Waals surface area contributed by atoms with E-state index in [1.54, 1.807) is 19.6 Å². The van der Waals surface area contributed by atoms with E-state index < -0.39 is 0 Å². The molecule has 242 valence electrons. The molecule has 3 heterocycles. The molecule has 3 rings (SSSR count). The van der Waals surface area contributed by atoms with E-state index in [9.17, 15) is 0 Å². The van der Waals surface area contributed by atoms with Crippen molar-refractivity contribution in [2.45, 2.75) is 144 Å². The lowest BCUT2D eigenvalue weighted by Crippen LogP contribution is -2.02. The van der Waals surface area contributed by atoms with Crippen molar-refractivity contribution in [3.63, 3.8) is 0 Å². The molecule has 0 aromatic carbocycles. The van der Waals surface area contributed by atoms with E-state index in [4.69, 9.17) is 9.47 Å². The highest BCUT2D eigenvalue weighted by molar-refractivity contribution is 8.29. The van der Waals surface area contributed by atoms with Crippen molar-refractivity contribution in [1.82, 2.24) is 0 Å². The minimum absolute atomic E-state index is 0.752. The SMILES string of the molecule is CCCCCCOc1c(C=C2SC(CCC)=C(CCC)S2)sc(C=C2SC(CCC)=C(CCC)S2)c1OCCCCCC. The molecule has 0 bridgehead atoms. The average molecular weight is 681 g/mol. The van der Waals surface area contributed by atoms with Gasteiger partial charge in [-0.2, -0.15) is 0 Å². The van der Waals surface area contributed by atoms with Crippen LogP contribution in [-0.2, 0) is 0 Å². The monoisotopic (exact) mass is 680 g/mol. The molecule has 0 spiro atoms. The van der Waals surface area contributed by atoms with Crippen LogP contribution in [0.1, 0.15) is 154 Å². The molecule has 0 saturated heterocycles. The summed E-state index contributed by atoms with van der Waals surface area (Å²) in [6, 6.07) is 0. The van der Waals surface area contributed by atoms with E-state index in [1.807, 2.05) is 58.4 Å². The summed E-state index contributed by atoms with van der Waals surface area (Å²) in [6.07, 6.45) is 24.0. The molecule has 1 aromatic heterocycles. The van der Waals surface area contributed by atoms with Crippen LogP contribution in [0, 0.1) is 0 Å². The highest BCUT2D eigenvalue weighted by Gasteiger charge is 2.26. The largest absolute Gasteiger partial charge is 0.488 e. The van der Waals surface area contributed by atoms with Gasteiger partial charge in [-0.3, -0.25) is 0 Å². The normalized spacial score (nSPS) is 15.3. The first kappa shape index (κ1) is 37.1. The molecule has 0 radical (unpaired) electrons. The number of thioether (sulfide) groups is 4. The first-order chi connectivity index (χ1) is 21.1. The van der Waals surface area contributed by atoms with Crippen molar-refractivity contribution in [2.24, 2.45) is 0 Å². The van der Waals surface area contributed by atoms with Crippen LogP contribution in [0.15, 0.2) is 28.1 Å². The Hall–Kier alpha value is -0.340. The van der Waals surface area contributed by atoms with Crippen LogP contribution < -0.4 is 9.47 Å². The number of thiophene rings is 1. The first-order valence-electron chi connectivity index (χ1n) is 17.1. The van der Waals surface area contributed by atoms with E-state index >= 15 is 0 Å². The summed E-state index contributed by atoms with van der Waals surface area (Å²) in [4.78, 5) is 8.74. The lowest BCUT2D eigenvalue weighted by Gasteiger charge is -2.12. The van der Waals surface area contributed by atoms with Crippen LogP contribution in [0.4, 0.5) is 0 Å². The summed E-state index contributed by atoms with van der Waals surface area (Å²) in [5, 5.41) is 0. The van der Waals surface area contributed by atoms with E-state index in [2.05, 4.69) is 53.7 Å². The fourth-order valence-corrected chi connectivity index (χ4v) is 12.2. The van der Waals surface area contributed by atoms with Gasteiger partial charge < -0.3 is 9.47 Å². The Morgan fingerprint density at radius 2 is 0.791 bits per heavy atom. The van der Waals surface area contributed by atoms with Crippen molar-refractivity contribution < 1.29 is 9.47 Å². The number of hydrogen-bond acceptors (Lipinski definition) is 7. The predicted molar refractivity (Wildman–Crippen MR) is 204 cm³/mol. The van der Waals surface area contributed by atoms with Crippen molar-refractivity contribution in [3.05, 3.63) is 37.8 Å². The zero-order chi connectivity index (χ0) is 30.9. The lowest BCUT2D eigenvalue weighted by atomic mass is 10.2. The molecule has 0 unspecified atom stereocenters. The second-order valence-corrected chi connectivity index (χ2v) is 17.5. The third kappa shape index (κ3) is 12.1. The van der Waals surface area contributed by atoms with E-state index in [0.717, 1.165) is 37.6 Å². The fraction of sp³-hybridized carbons (Fsp3) is 0.667. The Morgan fingerprint density at radius 1 is 0.442 bits per heavy atom. The second kappa shape index (κ2) is 21.5. The van der Waals surface area contributed by atoms with Gasteiger partial charge in [-0.15, -0.1) is 11.3 Å². The number of ether oxygens (including phenoxy) is 2. The maximum atomic E-state index is 6.67. The van der Waals surface area contributed by atoms with Crippen LogP contribution in [0.5, 0.6) is 11.5 Å². The van der Waals surface area contributed by atoms with E-state index in [0.29, 0.717) is 0 Å². The fourth-order valence-electron chi connectivity index (χ4n) is 5.06. The zero-order valence-electron chi connectivity index (χ0n) is 27.7. The van der Waals surface area contributed by atoms with Crippen molar-refractivity contribution in [2.75, 3.05) is 13.2 Å². The maximum absolute atomic E-state index is 6.67. The van der Waals surface area contributed by atoms with Crippen LogP contribution in [0.3, 0.4) is 0 Å². The van der Waals surface area contributed by atoms with E-state index in [1.165, 1.54) is 108 Å². The first-order valence-corrected chi connectivity index (χ1v) is 21.2. The van der Waals surface area contributed by atoms with Gasteiger partial charge >= 0.3 is 0 Å². The number of hydrogen-bond donors (Lipinski definition) is 0. The molecule has 1 aromatic rings. The van der Waals surface area contributed by atoms with Gasteiger partial charge in [-0.1, -0.05) is 153 Å².